The van der Waals surface area contributed by atoms with Crippen molar-refractivity contribution in [2.75, 3.05) is 19.6 Å². The Morgan fingerprint density at radius 3 is 2.54 bits per heavy atom. The van der Waals surface area contributed by atoms with Crippen molar-refractivity contribution in [2.45, 2.75) is 24.7 Å². The van der Waals surface area contributed by atoms with Crippen LogP contribution in [0, 0.1) is 0 Å². The van der Waals surface area contributed by atoms with Crippen LogP contribution < -0.4 is 15.4 Å². The summed E-state index contributed by atoms with van der Waals surface area (Å²) >= 11 is 5.87. The maximum absolute atomic E-state index is 13.0. The molecule has 3 heterocycles. The van der Waals surface area contributed by atoms with Gasteiger partial charge in [0, 0.05) is 35.5 Å². The first-order valence-corrected chi connectivity index (χ1v) is 12.7. The van der Waals surface area contributed by atoms with E-state index >= 15 is 0 Å². The minimum atomic E-state index is -4.64. The number of nitrogens with one attached hydrogen (secondary N) is 2. The van der Waals surface area contributed by atoms with E-state index in [0.717, 1.165) is 11.9 Å². The highest BCUT2D eigenvalue weighted by Crippen LogP contribution is 2.29. The number of alkyl halides is 3. The smallest absolute Gasteiger partial charge is 0.433 e. The summed E-state index contributed by atoms with van der Waals surface area (Å²) in [6.07, 6.45) is 0.0460. The fraction of sp³-hybridized carbons (Fsp3) is 0.259. The topological polar surface area (TPSA) is 126 Å². The molecular weight excluding hydrogens is 565 g/mol. The van der Waals surface area contributed by atoms with Gasteiger partial charge >= 0.3 is 6.18 Å². The summed E-state index contributed by atoms with van der Waals surface area (Å²) in [6.45, 7) is -0.153. The van der Waals surface area contributed by atoms with Crippen molar-refractivity contribution in [3.05, 3.63) is 89.1 Å². The molecule has 3 aromatic rings. The molecule has 1 aliphatic rings. The Kier molecular flexibility index (Phi) is 9.50. The summed E-state index contributed by atoms with van der Waals surface area (Å²) in [7, 11) is 0. The second-order valence-electron chi connectivity index (χ2n) is 8.97. The zero-order chi connectivity index (χ0) is 29.4. The molecule has 0 radical (unpaired) electrons. The molecule has 0 bridgehead atoms. The van der Waals surface area contributed by atoms with E-state index in [1.807, 2.05) is 0 Å². The summed E-state index contributed by atoms with van der Waals surface area (Å²) < 4.78 is 43.9. The Morgan fingerprint density at radius 1 is 1.10 bits per heavy atom. The molecule has 41 heavy (non-hydrogen) atoms. The van der Waals surface area contributed by atoms with Gasteiger partial charge in [-0.3, -0.25) is 19.4 Å². The number of halogens is 4. The van der Waals surface area contributed by atoms with Crippen LogP contribution in [-0.4, -0.2) is 69.4 Å². The predicted octanol–water partition coefficient (Wildman–Crippen LogP) is 2.69. The number of carbonyl (C=O) groups excluding carboxylic acids is 3. The zero-order valence-corrected chi connectivity index (χ0v) is 22.1. The Labute approximate surface area is 237 Å². The molecule has 0 aliphatic carbocycles. The SMILES string of the molecule is O=C(C=Cc1ccc(Cl)cc1)N[C@@H](Cc1ccccn1)C(=O)NCC(=O)N1CC(Oc2cc(C(F)(F)F)ncn2)C1. The van der Waals surface area contributed by atoms with Crippen LogP contribution >= 0.6 is 11.6 Å². The van der Waals surface area contributed by atoms with Crippen LogP contribution in [0.15, 0.2) is 67.1 Å². The fourth-order valence-corrected chi connectivity index (χ4v) is 3.87. The van der Waals surface area contributed by atoms with Gasteiger partial charge in [-0.2, -0.15) is 13.2 Å². The lowest BCUT2D eigenvalue weighted by atomic mass is 10.1. The maximum Gasteiger partial charge on any atom is 0.433 e. The average molecular weight is 589 g/mol. The van der Waals surface area contributed by atoms with Gasteiger partial charge in [-0.15, -0.1) is 0 Å². The highest BCUT2D eigenvalue weighted by Gasteiger charge is 2.35. The third-order valence-corrected chi connectivity index (χ3v) is 6.16. The number of aromatic nitrogens is 3. The number of amides is 3. The van der Waals surface area contributed by atoms with E-state index in [1.165, 1.54) is 11.0 Å². The number of pyridine rings is 1. The maximum atomic E-state index is 13.0. The van der Waals surface area contributed by atoms with E-state index in [4.69, 9.17) is 16.3 Å². The lowest BCUT2D eigenvalue weighted by Crippen LogP contribution is -2.59. The number of ether oxygens (including phenoxy) is 1. The fourth-order valence-electron chi connectivity index (χ4n) is 3.75. The summed E-state index contributed by atoms with van der Waals surface area (Å²) in [5.74, 6) is -1.80. The monoisotopic (exact) mass is 588 g/mol. The Hall–Kier alpha value is -4.52. The van der Waals surface area contributed by atoms with E-state index in [0.29, 0.717) is 16.8 Å². The second kappa shape index (κ2) is 13.2. The molecule has 2 N–H and O–H groups in total. The van der Waals surface area contributed by atoms with Crippen LogP contribution in [0.3, 0.4) is 0 Å². The molecule has 1 aromatic carbocycles. The number of nitrogens with zero attached hydrogens (tertiary/aromatic N) is 4. The third kappa shape index (κ3) is 8.73. The number of carbonyl (C=O) groups is 3. The largest absolute Gasteiger partial charge is 0.470 e. The van der Waals surface area contributed by atoms with E-state index in [2.05, 4.69) is 25.6 Å². The first-order valence-electron chi connectivity index (χ1n) is 12.3. The normalized spacial score (nSPS) is 14.3. The number of benzene rings is 1. The highest BCUT2D eigenvalue weighted by atomic mass is 35.5. The van der Waals surface area contributed by atoms with Crippen molar-refractivity contribution in [3.63, 3.8) is 0 Å². The Balaban J connectivity index is 1.29. The van der Waals surface area contributed by atoms with Crippen molar-refractivity contribution < 1.29 is 32.3 Å². The lowest BCUT2D eigenvalue weighted by Gasteiger charge is -2.38. The summed E-state index contributed by atoms with van der Waals surface area (Å²) in [5.41, 5.74) is 0.158. The summed E-state index contributed by atoms with van der Waals surface area (Å²) in [5, 5.41) is 5.72. The second-order valence-corrected chi connectivity index (χ2v) is 9.40. The van der Waals surface area contributed by atoms with Crippen LogP contribution in [0.2, 0.25) is 5.02 Å². The molecule has 1 fully saturated rings. The van der Waals surface area contributed by atoms with Crippen molar-refractivity contribution in [1.82, 2.24) is 30.5 Å². The first kappa shape index (κ1) is 29.5. The van der Waals surface area contributed by atoms with E-state index < -0.39 is 41.7 Å². The summed E-state index contributed by atoms with van der Waals surface area (Å²) in [6, 6.07) is 11.7. The first-order chi connectivity index (χ1) is 19.6. The number of rotatable bonds is 10. The number of likely N-dealkylation sites (tertiary alicyclic amines) is 1. The van der Waals surface area contributed by atoms with Gasteiger partial charge in [0.2, 0.25) is 23.6 Å². The molecule has 214 valence electrons. The molecule has 0 spiro atoms. The average Bonchev–Trinajstić information content (AvgIpc) is 2.93. The molecule has 2 aromatic heterocycles. The Morgan fingerprint density at radius 2 is 1.85 bits per heavy atom. The highest BCUT2D eigenvalue weighted by molar-refractivity contribution is 6.30. The standard InChI is InChI=1S/C27H24ClF3N6O4/c28-18-7-4-17(5-8-18)6-9-23(38)36-21(11-19-3-1-2-10-32-19)26(40)33-13-25(39)37-14-20(15-37)41-24-12-22(27(29,30)31)34-16-35-24/h1-10,12,16,20-21H,11,13-15H2,(H,33,40)(H,36,38)/t21-/m0/s1. The Bertz CT molecular complexity index is 1400. The van der Waals surface area contributed by atoms with Gasteiger partial charge in [0.1, 0.15) is 18.5 Å². The molecule has 1 atom stereocenters. The van der Waals surface area contributed by atoms with Gasteiger partial charge in [0.15, 0.2) is 5.69 Å². The van der Waals surface area contributed by atoms with Crippen molar-refractivity contribution in [2.24, 2.45) is 0 Å². The molecule has 0 saturated carbocycles. The molecule has 10 nitrogen and oxygen atoms in total. The van der Waals surface area contributed by atoms with Crippen LogP contribution in [0.25, 0.3) is 6.08 Å². The molecule has 1 aliphatic heterocycles. The number of hydrogen-bond donors (Lipinski definition) is 2. The van der Waals surface area contributed by atoms with Gasteiger partial charge in [-0.25, -0.2) is 9.97 Å². The van der Waals surface area contributed by atoms with Crippen LogP contribution in [0.1, 0.15) is 17.0 Å². The minimum absolute atomic E-state index is 0.0832. The number of hydrogen-bond acceptors (Lipinski definition) is 7. The van der Waals surface area contributed by atoms with Crippen LogP contribution in [0.5, 0.6) is 5.88 Å². The van der Waals surface area contributed by atoms with Crippen molar-refractivity contribution >= 4 is 35.4 Å². The van der Waals surface area contributed by atoms with Crippen LogP contribution in [0.4, 0.5) is 13.2 Å². The quantitative estimate of drug-likeness (QED) is 0.349. The van der Waals surface area contributed by atoms with Gasteiger partial charge in [-0.05, 0) is 35.9 Å². The predicted molar refractivity (Wildman–Crippen MR) is 141 cm³/mol. The van der Waals surface area contributed by atoms with Crippen molar-refractivity contribution in [1.29, 1.82) is 0 Å². The van der Waals surface area contributed by atoms with E-state index in [1.54, 1.807) is 54.7 Å². The van der Waals surface area contributed by atoms with Gasteiger partial charge in [0.05, 0.1) is 19.6 Å². The molecule has 3 amide bonds. The molecule has 1 saturated heterocycles. The zero-order valence-electron chi connectivity index (χ0n) is 21.3. The third-order valence-electron chi connectivity index (χ3n) is 5.90. The van der Waals surface area contributed by atoms with Gasteiger partial charge in [-0.1, -0.05) is 29.8 Å². The summed E-state index contributed by atoms with van der Waals surface area (Å²) in [4.78, 5) is 50.5. The van der Waals surface area contributed by atoms with Gasteiger partial charge < -0.3 is 20.3 Å². The minimum Gasteiger partial charge on any atom is -0.470 e. The molecule has 0 unspecified atom stereocenters. The molecule has 4 rings (SSSR count). The van der Waals surface area contributed by atoms with E-state index in [-0.39, 0.29) is 31.9 Å². The molecular formula is C27H24ClF3N6O4. The molecule has 14 heteroatoms. The van der Waals surface area contributed by atoms with Crippen LogP contribution in [-0.2, 0) is 27.0 Å². The van der Waals surface area contributed by atoms with E-state index in [9.17, 15) is 27.6 Å². The van der Waals surface area contributed by atoms with Gasteiger partial charge in [0.25, 0.3) is 0 Å². The lowest BCUT2D eigenvalue weighted by molar-refractivity contribution is -0.142. The van der Waals surface area contributed by atoms with Crippen molar-refractivity contribution in [3.8, 4) is 5.88 Å².